The molecule has 0 saturated carbocycles. The molecule has 0 amide bonds. The van der Waals surface area contributed by atoms with Gasteiger partial charge in [-0.1, -0.05) is 79.1 Å². The zero-order chi connectivity index (χ0) is 30.5. The monoisotopic (exact) mass is 615 g/mol. The molecule has 4 heterocycles. The number of pyridine rings is 1. The first kappa shape index (κ1) is 27.9. The smallest absolute Gasteiger partial charge is 0.113 e. The van der Waals surface area contributed by atoms with Crippen molar-refractivity contribution in [3.63, 3.8) is 0 Å². The van der Waals surface area contributed by atoms with Crippen molar-refractivity contribution in [2.45, 2.75) is 13.8 Å². The van der Waals surface area contributed by atoms with Crippen molar-refractivity contribution < 1.29 is 0 Å². The lowest BCUT2D eigenvalue weighted by molar-refractivity contribution is 1.09. The van der Waals surface area contributed by atoms with Crippen LogP contribution in [0.4, 0.5) is 22.7 Å². The van der Waals surface area contributed by atoms with Gasteiger partial charge < -0.3 is 9.80 Å². The minimum absolute atomic E-state index is 0.0458. The molecule has 0 fully saturated rings. The van der Waals surface area contributed by atoms with Gasteiger partial charge >= 0.3 is 0 Å². The molecule has 8 rings (SSSR count). The summed E-state index contributed by atoms with van der Waals surface area (Å²) >= 11 is 1.76. The molecular formula is C39H30BN3S2. The van der Waals surface area contributed by atoms with Gasteiger partial charge in [0.05, 0.1) is 39.7 Å². The van der Waals surface area contributed by atoms with Crippen LogP contribution in [0.3, 0.4) is 0 Å². The molecule has 0 N–H and O–H groups in total. The lowest BCUT2D eigenvalue weighted by Crippen LogP contribution is -2.32. The molecule has 6 aromatic rings. The van der Waals surface area contributed by atoms with E-state index >= 15 is 0 Å². The molecule has 216 valence electrons. The second kappa shape index (κ2) is 11.4. The highest BCUT2D eigenvalue weighted by molar-refractivity contribution is 8.17. The van der Waals surface area contributed by atoms with Gasteiger partial charge in [-0.2, -0.15) is 10.5 Å². The third kappa shape index (κ3) is 4.76. The minimum Gasteiger partial charge on any atom is -0.306 e. The summed E-state index contributed by atoms with van der Waals surface area (Å²) in [7, 11) is 6.13. The summed E-state index contributed by atoms with van der Waals surface area (Å²) in [6.45, 7) is 4.46. The minimum atomic E-state index is 0.0458. The Morgan fingerprint density at radius 1 is 0.778 bits per heavy atom. The molecule has 2 aromatic heterocycles. The SMILES string of the molecule is [B]c1ccc(-c2cc(-c3cccs3)c3c(C)ccc(N4C5=C(C=S(CC)C=C5)N(c5ccccc5)c5ccccc54)c3n2)cc1. The Morgan fingerprint density at radius 2 is 1.53 bits per heavy atom. The number of allylic oxidation sites excluding steroid dienone is 2. The van der Waals surface area contributed by atoms with Crippen LogP contribution in [0.25, 0.3) is 32.6 Å². The Hall–Kier alpha value is -4.65. The molecule has 0 aliphatic carbocycles. The van der Waals surface area contributed by atoms with Gasteiger partial charge in [0.15, 0.2) is 0 Å². The average Bonchev–Trinajstić information content (AvgIpc) is 3.63. The Morgan fingerprint density at radius 3 is 2.27 bits per heavy atom. The van der Waals surface area contributed by atoms with Gasteiger partial charge in [0, 0.05) is 27.1 Å². The highest BCUT2D eigenvalue weighted by Gasteiger charge is 2.33. The molecule has 6 heteroatoms. The van der Waals surface area contributed by atoms with E-state index in [9.17, 15) is 0 Å². The van der Waals surface area contributed by atoms with E-state index in [4.69, 9.17) is 12.8 Å². The molecule has 0 saturated heterocycles. The molecule has 45 heavy (non-hydrogen) atoms. The summed E-state index contributed by atoms with van der Waals surface area (Å²) in [5, 5.41) is 8.14. The number of hydrogen-bond donors (Lipinski definition) is 0. The molecule has 1 atom stereocenters. The number of para-hydroxylation sites is 3. The van der Waals surface area contributed by atoms with Crippen LogP contribution in [0.15, 0.2) is 137 Å². The quantitative estimate of drug-likeness (QED) is 0.142. The zero-order valence-corrected chi connectivity index (χ0v) is 26.8. The van der Waals surface area contributed by atoms with E-state index in [-0.39, 0.29) is 10.5 Å². The van der Waals surface area contributed by atoms with Crippen molar-refractivity contribution in [1.29, 1.82) is 0 Å². The summed E-state index contributed by atoms with van der Waals surface area (Å²) in [6.07, 6.45) is 2.32. The van der Waals surface area contributed by atoms with Gasteiger partial charge in [0.1, 0.15) is 7.85 Å². The maximum atomic E-state index is 6.08. The van der Waals surface area contributed by atoms with Crippen LogP contribution >= 0.6 is 21.8 Å². The largest absolute Gasteiger partial charge is 0.306 e. The summed E-state index contributed by atoms with van der Waals surface area (Å²) in [5.74, 6) is 1.07. The van der Waals surface area contributed by atoms with E-state index in [1.165, 1.54) is 27.1 Å². The Bertz CT molecular complexity index is 2160. The van der Waals surface area contributed by atoms with Crippen LogP contribution in [0.1, 0.15) is 12.5 Å². The summed E-state index contributed by atoms with van der Waals surface area (Å²) in [6, 6.07) is 38.5. The highest BCUT2D eigenvalue weighted by Crippen LogP contribution is 2.51. The summed E-state index contributed by atoms with van der Waals surface area (Å²) in [4.78, 5) is 11.5. The second-order valence-electron chi connectivity index (χ2n) is 11.2. The number of aryl methyl sites for hydroxylation is 1. The molecule has 2 radical (unpaired) electrons. The number of thiophene rings is 1. The van der Waals surface area contributed by atoms with E-state index in [0.717, 1.165) is 56.4 Å². The number of anilines is 4. The highest BCUT2D eigenvalue weighted by atomic mass is 32.2. The van der Waals surface area contributed by atoms with Crippen LogP contribution in [0, 0.1) is 6.92 Å². The van der Waals surface area contributed by atoms with Gasteiger partial charge in [-0.05, 0) is 82.9 Å². The van der Waals surface area contributed by atoms with E-state index in [1.54, 1.807) is 11.3 Å². The fraction of sp³-hybridized carbons (Fsp3) is 0.0769. The Kier molecular flexibility index (Phi) is 7.04. The number of hydrogen-bond acceptors (Lipinski definition) is 4. The average molecular weight is 616 g/mol. The van der Waals surface area contributed by atoms with Crippen molar-refractivity contribution in [3.8, 4) is 21.7 Å². The van der Waals surface area contributed by atoms with Gasteiger partial charge in [-0.25, -0.2) is 4.98 Å². The van der Waals surface area contributed by atoms with Crippen LogP contribution < -0.4 is 15.3 Å². The number of aromatic nitrogens is 1. The summed E-state index contributed by atoms with van der Waals surface area (Å²) < 4.78 is 0. The van der Waals surface area contributed by atoms with Crippen LogP contribution in [0.2, 0.25) is 0 Å². The number of benzene rings is 4. The lowest BCUT2D eigenvalue weighted by Gasteiger charge is -2.42. The van der Waals surface area contributed by atoms with Crippen molar-refractivity contribution >= 4 is 74.1 Å². The van der Waals surface area contributed by atoms with Crippen molar-refractivity contribution in [3.05, 3.63) is 143 Å². The third-order valence-electron chi connectivity index (χ3n) is 8.50. The normalized spacial score (nSPS) is 15.6. The molecule has 3 nitrogen and oxygen atoms in total. The fourth-order valence-corrected chi connectivity index (χ4v) is 8.34. The van der Waals surface area contributed by atoms with Gasteiger partial charge in [-0.3, -0.25) is 0 Å². The molecule has 2 aliphatic heterocycles. The third-order valence-corrected chi connectivity index (χ3v) is 11.1. The fourth-order valence-electron chi connectivity index (χ4n) is 6.34. The van der Waals surface area contributed by atoms with Crippen LogP contribution in [0.5, 0.6) is 0 Å². The van der Waals surface area contributed by atoms with Crippen LogP contribution in [-0.2, 0) is 0 Å². The first-order chi connectivity index (χ1) is 22.1. The predicted octanol–water partition coefficient (Wildman–Crippen LogP) is 9.85. The van der Waals surface area contributed by atoms with Gasteiger partial charge in [0.2, 0.25) is 0 Å². The van der Waals surface area contributed by atoms with E-state index in [1.807, 2.05) is 12.1 Å². The van der Waals surface area contributed by atoms with Gasteiger partial charge in [0.25, 0.3) is 0 Å². The first-order valence-electron chi connectivity index (χ1n) is 15.1. The van der Waals surface area contributed by atoms with E-state index in [2.05, 4.69) is 143 Å². The predicted molar refractivity (Wildman–Crippen MR) is 198 cm³/mol. The van der Waals surface area contributed by atoms with Crippen molar-refractivity contribution in [1.82, 2.24) is 4.98 Å². The number of fused-ring (bicyclic) bond motifs is 2. The maximum absolute atomic E-state index is 6.08. The molecule has 1 unspecified atom stereocenters. The Labute approximate surface area is 272 Å². The van der Waals surface area contributed by atoms with E-state index in [0.29, 0.717) is 0 Å². The zero-order valence-electron chi connectivity index (χ0n) is 25.1. The molecule has 0 bridgehead atoms. The molecule has 4 aromatic carbocycles. The molecule has 2 aliphatic rings. The lowest BCUT2D eigenvalue weighted by atomic mass is 9.93. The van der Waals surface area contributed by atoms with Crippen molar-refractivity contribution in [2.24, 2.45) is 0 Å². The van der Waals surface area contributed by atoms with E-state index < -0.39 is 0 Å². The Balaban J connectivity index is 1.45. The molecule has 0 spiro atoms. The number of nitrogens with zero attached hydrogens (tertiary/aromatic N) is 3. The molecular weight excluding hydrogens is 585 g/mol. The topological polar surface area (TPSA) is 19.4 Å². The number of rotatable bonds is 5. The van der Waals surface area contributed by atoms with Crippen molar-refractivity contribution in [2.75, 3.05) is 15.6 Å². The maximum Gasteiger partial charge on any atom is 0.113 e. The standard InChI is InChI=1S/C39H30BN3S2/c1-3-45-23-21-34-36(25-45)42(29-10-5-4-6-11-29)32-12-7-8-13-33(32)43(34)35-20-15-26(2)38-30(37-14-9-22-44-37)24-31(41-39(35)38)27-16-18-28(40)19-17-27/h4-25H,3H2,1-2H3. The van der Waals surface area contributed by atoms with Crippen LogP contribution in [-0.4, -0.2) is 24.0 Å². The van der Waals surface area contributed by atoms with Gasteiger partial charge in [-0.15, -0.1) is 11.3 Å². The first-order valence-corrected chi connectivity index (χ1v) is 17.5. The second-order valence-corrected chi connectivity index (χ2v) is 14.2. The summed E-state index contributed by atoms with van der Waals surface area (Å²) in [5.41, 5.74) is 13.0.